The van der Waals surface area contributed by atoms with Crippen LogP contribution in [0, 0.1) is 0 Å². The number of pyridine rings is 1. The van der Waals surface area contributed by atoms with Crippen LogP contribution in [0.25, 0.3) is 22.0 Å². The topological polar surface area (TPSA) is 69.8 Å². The molecule has 0 saturated carbocycles. The molecular weight excluding hydrogens is 322 g/mol. The van der Waals surface area contributed by atoms with E-state index >= 15 is 0 Å². The van der Waals surface area contributed by atoms with Crippen LogP contribution < -0.4 is 24.5 Å². The molecule has 1 heterocycles. The lowest BCUT2D eigenvalue weighted by atomic mass is 10.0. The third kappa shape index (κ3) is 2.98. The van der Waals surface area contributed by atoms with Crippen LogP contribution in [0.5, 0.6) is 23.0 Å². The molecule has 0 unspecified atom stereocenters. The highest BCUT2D eigenvalue weighted by atomic mass is 16.5. The van der Waals surface area contributed by atoms with E-state index in [-0.39, 0.29) is 5.56 Å². The fourth-order valence-electron chi connectivity index (χ4n) is 2.82. The number of benzene rings is 2. The third-order valence-electron chi connectivity index (χ3n) is 4.03. The predicted molar refractivity (Wildman–Crippen MR) is 96.2 cm³/mol. The Kier molecular flexibility index (Phi) is 4.52. The van der Waals surface area contributed by atoms with E-state index in [1.54, 1.807) is 40.6 Å². The van der Waals surface area contributed by atoms with Crippen LogP contribution in [-0.4, -0.2) is 33.4 Å². The Morgan fingerprint density at radius 1 is 0.720 bits per heavy atom. The van der Waals surface area contributed by atoms with Crippen LogP contribution in [0.3, 0.4) is 0 Å². The molecule has 1 aromatic heterocycles. The van der Waals surface area contributed by atoms with Gasteiger partial charge in [-0.1, -0.05) is 0 Å². The van der Waals surface area contributed by atoms with Crippen LogP contribution in [0.4, 0.5) is 0 Å². The molecule has 0 aliphatic heterocycles. The minimum Gasteiger partial charge on any atom is -0.493 e. The minimum absolute atomic E-state index is 0.204. The van der Waals surface area contributed by atoms with E-state index in [4.69, 9.17) is 18.9 Å². The van der Waals surface area contributed by atoms with Gasteiger partial charge in [-0.2, -0.15) is 0 Å². The van der Waals surface area contributed by atoms with Gasteiger partial charge in [0.25, 0.3) is 0 Å². The number of aromatic amines is 1. The summed E-state index contributed by atoms with van der Waals surface area (Å²) in [4.78, 5) is 15.0. The maximum atomic E-state index is 12.1. The normalized spacial score (nSPS) is 10.6. The molecule has 130 valence electrons. The Bertz CT molecular complexity index is 977. The SMILES string of the molecule is COc1ccc(-c2[nH]c(=O)cc3cc(OC)c(OC)cc23)cc1OC. The summed E-state index contributed by atoms with van der Waals surface area (Å²) in [6.07, 6.45) is 0. The molecule has 1 N–H and O–H groups in total. The van der Waals surface area contributed by atoms with Crippen molar-refractivity contribution >= 4 is 10.8 Å². The van der Waals surface area contributed by atoms with Crippen molar-refractivity contribution in [1.82, 2.24) is 4.98 Å². The largest absolute Gasteiger partial charge is 0.493 e. The Labute approximate surface area is 144 Å². The first-order valence-electron chi connectivity index (χ1n) is 7.62. The number of rotatable bonds is 5. The highest BCUT2D eigenvalue weighted by Crippen LogP contribution is 2.37. The van der Waals surface area contributed by atoms with Gasteiger partial charge in [0.15, 0.2) is 23.0 Å². The van der Waals surface area contributed by atoms with Gasteiger partial charge in [0.1, 0.15) is 0 Å². The predicted octanol–water partition coefficient (Wildman–Crippen LogP) is 3.23. The molecule has 0 fully saturated rings. The molecule has 6 nitrogen and oxygen atoms in total. The fourth-order valence-corrected chi connectivity index (χ4v) is 2.82. The monoisotopic (exact) mass is 341 g/mol. The van der Waals surface area contributed by atoms with Crippen LogP contribution >= 0.6 is 0 Å². The van der Waals surface area contributed by atoms with Crippen molar-refractivity contribution < 1.29 is 18.9 Å². The first kappa shape index (κ1) is 16.7. The number of hydrogen-bond donors (Lipinski definition) is 1. The van der Waals surface area contributed by atoms with Gasteiger partial charge < -0.3 is 23.9 Å². The molecule has 3 aromatic rings. The van der Waals surface area contributed by atoms with Crippen LogP contribution in [-0.2, 0) is 0 Å². The molecule has 0 atom stereocenters. The van der Waals surface area contributed by atoms with Gasteiger partial charge >= 0.3 is 0 Å². The molecule has 0 amide bonds. The Morgan fingerprint density at radius 2 is 1.32 bits per heavy atom. The molecule has 0 saturated heterocycles. The second kappa shape index (κ2) is 6.76. The first-order valence-corrected chi connectivity index (χ1v) is 7.62. The van der Waals surface area contributed by atoms with Crippen molar-refractivity contribution in [2.45, 2.75) is 0 Å². The number of aromatic nitrogens is 1. The zero-order valence-corrected chi connectivity index (χ0v) is 14.5. The van der Waals surface area contributed by atoms with Crippen LogP contribution in [0.15, 0.2) is 41.2 Å². The molecule has 0 bridgehead atoms. The Morgan fingerprint density at radius 3 is 1.96 bits per heavy atom. The van der Waals surface area contributed by atoms with Gasteiger partial charge in [0.05, 0.1) is 34.1 Å². The number of H-pyrrole nitrogens is 1. The van der Waals surface area contributed by atoms with Gasteiger partial charge in [-0.25, -0.2) is 0 Å². The third-order valence-corrected chi connectivity index (χ3v) is 4.03. The molecule has 0 spiro atoms. The summed E-state index contributed by atoms with van der Waals surface area (Å²) in [5.41, 5.74) is 1.27. The second-order valence-electron chi connectivity index (χ2n) is 5.37. The summed E-state index contributed by atoms with van der Waals surface area (Å²) >= 11 is 0. The zero-order valence-electron chi connectivity index (χ0n) is 14.5. The Balaban J connectivity index is 2.30. The summed E-state index contributed by atoms with van der Waals surface area (Å²) < 4.78 is 21.3. The number of fused-ring (bicyclic) bond motifs is 1. The smallest absolute Gasteiger partial charge is 0.249 e. The molecule has 3 rings (SSSR count). The highest BCUT2D eigenvalue weighted by molar-refractivity contribution is 5.96. The van der Waals surface area contributed by atoms with E-state index in [0.717, 1.165) is 16.3 Å². The molecule has 2 aromatic carbocycles. The summed E-state index contributed by atoms with van der Waals surface area (Å²) in [6.45, 7) is 0. The molecule has 25 heavy (non-hydrogen) atoms. The van der Waals surface area contributed by atoms with E-state index in [1.807, 2.05) is 18.2 Å². The van der Waals surface area contributed by atoms with Gasteiger partial charge in [-0.15, -0.1) is 0 Å². The summed E-state index contributed by atoms with van der Waals surface area (Å²) in [7, 11) is 6.29. The fraction of sp³-hybridized carbons (Fsp3) is 0.211. The zero-order chi connectivity index (χ0) is 18.0. The lowest BCUT2D eigenvalue weighted by molar-refractivity contribution is 0.355. The van der Waals surface area contributed by atoms with E-state index in [9.17, 15) is 4.79 Å². The summed E-state index contributed by atoms with van der Waals surface area (Å²) in [5.74, 6) is 2.36. The molecule has 6 heteroatoms. The first-order chi connectivity index (χ1) is 12.1. The quantitative estimate of drug-likeness (QED) is 0.771. The molecule has 0 aliphatic carbocycles. The average Bonchev–Trinajstić information content (AvgIpc) is 2.65. The van der Waals surface area contributed by atoms with Crippen LogP contribution in [0.2, 0.25) is 0 Å². The van der Waals surface area contributed by atoms with Gasteiger partial charge in [0, 0.05) is 17.0 Å². The number of nitrogens with one attached hydrogen (secondary N) is 1. The minimum atomic E-state index is -0.204. The van der Waals surface area contributed by atoms with Crippen molar-refractivity contribution in [3.8, 4) is 34.3 Å². The second-order valence-corrected chi connectivity index (χ2v) is 5.37. The van der Waals surface area contributed by atoms with E-state index < -0.39 is 0 Å². The molecule has 0 aliphatic rings. The maximum absolute atomic E-state index is 12.1. The average molecular weight is 341 g/mol. The van der Waals surface area contributed by atoms with E-state index in [1.165, 1.54) is 6.07 Å². The van der Waals surface area contributed by atoms with Crippen molar-refractivity contribution in [2.75, 3.05) is 28.4 Å². The van der Waals surface area contributed by atoms with Crippen molar-refractivity contribution in [3.63, 3.8) is 0 Å². The van der Waals surface area contributed by atoms with E-state index in [2.05, 4.69) is 4.98 Å². The number of methoxy groups -OCH3 is 4. The van der Waals surface area contributed by atoms with Crippen molar-refractivity contribution in [2.24, 2.45) is 0 Å². The standard InChI is InChI=1S/C19H19NO5/c1-22-14-6-5-11(7-15(14)23-2)19-13-10-17(25-4)16(24-3)8-12(13)9-18(21)20-19/h5-10H,1-4H3,(H,20,21). The van der Waals surface area contributed by atoms with E-state index in [0.29, 0.717) is 28.7 Å². The van der Waals surface area contributed by atoms with Gasteiger partial charge in [-0.05, 0) is 35.7 Å². The summed E-state index contributed by atoms with van der Waals surface area (Å²) in [6, 6.07) is 10.6. The molecule has 0 radical (unpaired) electrons. The van der Waals surface area contributed by atoms with Gasteiger partial charge in [0.2, 0.25) is 5.56 Å². The lowest BCUT2D eigenvalue weighted by Crippen LogP contribution is -2.06. The van der Waals surface area contributed by atoms with Crippen molar-refractivity contribution in [1.29, 1.82) is 0 Å². The van der Waals surface area contributed by atoms with Gasteiger partial charge in [-0.3, -0.25) is 4.79 Å². The highest BCUT2D eigenvalue weighted by Gasteiger charge is 2.13. The maximum Gasteiger partial charge on any atom is 0.249 e. The lowest BCUT2D eigenvalue weighted by Gasteiger charge is -2.13. The number of ether oxygens (including phenoxy) is 4. The Hall–Kier alpha value is -3.15. The van der Waals surface area contributed by atoms with Crippen molar-refractivity contribution in [3.05, 3.63) is 46.8 Å². The molecular formula is C19H19NO5. The van der Waals surface area contributed by atoms with Crippen LogP contribution in [0.1, 0.15) is 0 Å². The number of hydrogen-bond acceptors (Lipinski definition) is 5. The summed E-state index contributed by atoms with van der Waals surface area (Å²) in [5, 5.41) is 1.59.